The van der Waals surface area contributed by atoms with E-state index in [4.69, 9.17) is 15.2 Å². The molecule has 1 saturated heterocycles. The van der Waals surface area contributed by atoms with Gasteiger partial charge in [-0.05, 0) is 38.5 Å². The summed E-state index contributed by atoms with van der Waals surface area (Å²) in [5.41, 5.74) is 7.30. The van der Waals surface area contributed by atoms with E-state index in [1.54, 1.807) is 37.8 Å². The second kappa shape index (κ2) is 9.65. The number of amides is 2. The molecule has 10 nitrogen and oxygen atoms in total. The Hall–Kier alpha value is -4.08. The van der Waals surface area contributed by atoms with E-state index >= 15 is 0 Å². The van der Waals surface area contributed by atoms with Crippen LogP contribution < -0.4 is 5.73 Å². The Labute approximate surface area is 203 Å². The van der Waals surface area contributed by atoms with Crippen LogP contribution in [0.25, 0.3) is 10.9 Å². The number of carbonyl (C=O) groups is 3. The zero-order valence-corrected chi connectivity index (χ0v) is 20.1. The number of nitrogens with zero attached hydrogens (tertiary/aromatic N) is 4. The van der Waals surface area contributed by atoms with E-state index in [1.165, 1.54) is 15.7 Å². The molecule has 184 valence electrons. The van der Waals surface area contributed by atoms with E-state index in [-0.39, 0.29) is 31.4 Å². The second-order valence-electron chi connectivity index (χ2n) is 9.36. The Morgan fingerprint density at radius 3 is 2.51 bits per heavy atom. The number of hydrogen-bond donors (Lipinski definition) is 1. The summed E-state index contributed by atoms with van der Waals surface area (Å²) in [6.07, 6.45) is 0.417. The minimum Gasteiger partial charge on any atom is -0.445 e. The molecular formula is C25H29N5O5. The van der Waals surface area contributed by atoms with E-state index in [0.717, 1.165) is 5.56 Å². The van der Waals surface area contributed by atoms with E-state index in [2.05, 4.69) is 4.98 Å². The molecule has 0 radical (unpaired) electrons. The predicted octanol–water partition coefficient (Wildman–Crippen LogP) is 3.38. The molecule has 1 aliphatic rings. The molecule has 35 heavy (non-hydrogen) atoms. The highest BCUT2D eigenvalue weighted by molar-refractivity contribution is 5.96. The molecule has 10 heteroatoms. The molecule has 0 saturated carbocycles. The average Bonchev–Trinajstić information content (AvgIpc) is 3.18. The molecule has 4 rings (SSSR count). The van der Waals surface area contributed by atoms with Gasteiger partial charge in [0.05, 0.1) is 12.1 Å². The first-order valence-electron chi connectivity index (χ1n) is 11.3. The summed E-state index contributed by atoms with van der Waals surface area (Å²) in [5.74, 6) is 0.0309. The molecule has 2 aromatic heterocycles. The fraction of sp³-hybridized carbons (Fsp3) is 0.360. The SMILES string of the molecule is CC(C)(C)OC(=O)n1c(CN2CCN(C(=O)OCc3ccccc3)CC2=O)cc2c(N)nccc21. The third-order valence-corrected chi connectivity index (χ3v) is 5.55. The van der Waals surface area contributed by atoms with Gasteiger partial charge in [0.25, 0.3) is 0 Å². The van der Waals surface area contributed by atoms with Gasteiger partial charge >= 0.3 is 12.2 Å². The largest absolute Gasteiger partial charge is 0.445 e. The summed E-state index contributed by atoms with van der Waals surface area (Å²) in [6, 6.07) is 12.8. The van der Waals surface area contributed by atoms with Crippen LogP contribution >= 0.6 is 0 Å². The van der Waals surface area contributed by atoms with Gasteiger partial charge in [0.1, 0.15) is 24.6 Å². The molecule has 0 unspecified atom stereocenters. The van der Waals surface area contributed by atoms with Gasteiger partial charge in [-0.2, -0.15) is 0 Å². The quantitative estimate of drug-likeness (QED) is 0.609. The lowest BCUT2D eigenvalue weighted by Crippen LogP contribution is -2.52. The van der Waals surface area contributed by atoms with Crippen LogP contribution in [0.3, 0.4) is 0 Å². The van der Waals surface area contributed by atoms with Crippen molar-refractivity contribution in [2.24, 2.45) is 0 Å². The highest BCUT2D eigenvalue weighted by Gasteiger charge is 2.30. The summed E-state index contributed by atoms with van der Waals surface area (Å²) in [7, 11) is 0. The zero-order chi connectivity index (χ0) is 25.2. The van der Waals surface area contributed by atoms with E-state index in [0.29, 0.717) is 29.7 Å². The number of rotatable bonds is 4. The Morgan fingerprint density at radius 2 is 1.83 bits per heavy atom. The lowest BCUT2D eigenvalue weighted by molar-refractivity contribution is -0.136. The van der Waals surface area contributed by atoms with Crippen molar-refractivity contribution in [3.8, 4) is 0 Å². The third kappa shape index (κ3) is 5.53. The lowest BCUT2D eigenvalue weighted by atomic mass is 10.2. The van der Waals surface area contributed by atoms with Crippen molar-refractivity contribution >= 4 is 34.8 Å². The highest BCUT2D eigenvalue weighted by Crippen LogP contribution is 2.26. The average molecular weight is 480 g/mol. The van der Waals surface area contributed by atoms with Gasteiger partial charge in [-0.15, -0.1) is 0 Å². The number of hydrogen-bond acceptors (Lipinski definition) is 7. The number of aromatic nitrogens is 2. The van der Waals surface area contributed by atoms with Gasteiger partial charge in [0, 0.05) is 30.4 Å². The molecule has 3 heterocycles. The van der Waals surface area contributed by atoms with Crippen LogP contribution in [0.2, 0.25) is 0 Å². The minimum absolute atomic E-state index is 0.107. The minimum atomic E-state index is -0.703. The first kappa shape index (κ1) is 24.1. The van der Waals surface area contributed by atoms with Gasteiger partial charge < -0.3 is 20.1 Å². The van der Waals surface area contributed by atoms with Gasteiger partial charge in [-0.3, -0.25) is 9.69 Å². The Kier molecular flexibility index (Phi) is 6.63. The predicted molar refractivity (Wildman–Crippen MR) is 129 cm³/mol. The van der Waals surface area contributed by atoms with Gasteiger partial charge in [-0.1, -0.05) is 30.3 Å². The van der Waals surface area contributed by atoms with Crippen molar-refractivity contribution in [1.82, 2.24) is 19.4 Å². The van der Waals surface area contributed by atoms with Crippen molar-refractivity contribution in [3.63, 3.8) is 0 Å². The number of ether oxygens (including phenoxy) is 2. The first-order valence-corrected chi connectivity index (χ1v) is 11.3. The number of fused-ring (bicyclic) bond motifs is 1. The molecule has 2 N–H and O–H groups in total. The van der Waals surface area contributed by atoms with E-state index < -0.39 is 17.8 Å². The zero-order valence-electron chi connectivity index (χ0n) is 20.1. The molecule has 0 bridgehead atoms. The Bertz CT molecular complexity index is 1250. The monoisotopic (exact) mass is 479 g/mol. The second-order valence-corrected chi connectivity index (χ2v) is 9.36. The summed E-state index contributed by atoms with van der Waals surface area (Å²) in [6.45, 7) is 6.14. The Balaban J connectivity index is 1.47. The smallest absolute Gasteiger partial charge is 0.419 e. The van der Waals surface area contributed by atoms with Crippen molar-refractivity contribution in [3.05, 3.63) is 59.9 Å². The van der Waals surface area contributed by atoms with Crippen LogP contribution in [0, 0.1) is 0 Å². The molecule has 2 amide bonds. The van der Waals surface area contributed by atoms with Crippen LogP contribution in [0.1, 0.15) is 32.0 Å². The maximum atomic E-state index is 13.0. The normalized spacial score (nSPS) is 14.3. The topological polar surface area (TPSA) is 120 Å². The number of piperazine rings is 1. The van der Waals surface area contributed by atoms with Gasteiger partial charge in [0.2, 0.25) is 5.91 Å². The van der Waals surface area contributed by atoms with Crippen LogP contribution in [0.4, 0.5) is 15.4 Å². The standard InChI is InChI=1S/C25H29N5O5/c1-25(2,3)35-24(33)30-18(13-19-20(30)9-10-27-22(19)26)14-28-11-12-29(15-21(28)31)23(32)34-16-17-7-5-4-6-8-17/h4-10,13H,11-12,14-16H2,1-3H3,(H2,26,27). The van der Waals surface area contributed by atoms with Crippen molar-refractivity contribution in [2.45, 2.75) is 39.5 Å². The summed E-state index contributed by atoms with van der Waals surface area (Å²) in [5, 5.41) is 0.601. The van der Waals surface area contributed by atoms with Crippen molar-refractivity contribution < 1.29 is 23.9 Å². The Morgan fingerprint density at radius 1 is 1.09 bits per heavy atom. The third-order valence-electron chi connectivity index (χ3n) is 5.55. The van der Waals surface area contributed by atoms with Crippen LogP contribution in [-0.2, 0) is 27.4 Å². The molecule has 0 spiro atoms. The van der Waals surface area contributed by atoms with E-state index in [1.807, 2.05) is 30.3 Å². The van der Waals surface area contributed by atoms with Gasteiger partial charge in [0.15, 0.2) is 0 Å². The summed E-state index contributed by atoms with van der Waals surface area (Å²) < 4.78 is 12.4. The number of anilines is 1. The molecule has 0 atom stereocenters. The van der Waals surface area contributed by atoms with Crippen LogP contribution in [-0.4, -0.2) is 62.7 Å². The van der Waals surface area contributed by atoms with Gasteiger partial charge in [-0.25, -0.2) is 19.1 Å². The fourth-order valence-electron chi connectivity index (χ4n) is 3.88. The lowest BCUT2D eigenvalue weighted by Gasteiger charge is -2.33. The molecule has 3 aromatic rings. The maximum absolute atomic E-state index is 13.0. The highest BCUT2D eigenvalue weighted by atomic mass is 16.6. The number of benzene rings is 1. The molecule has 1 aliphatic heterocycles. The molecular weight excluding hydrogens is 450 g/mol. The molecule has 1 aromatic carbocycles. The molecule has 1 fully saturated rings. The fourth-order valence-corrected chi connectivity index (χ4v) is 3.88. The number of nitrogen functional groups attached to an aromatic ring is 1. The maximum Gasteiger partial charge on any atom is 0.419 e. The number of nitrogens with two attached hydrogens (primary N) is 1. The van der Waals surface area contributed by atoms with Crippen LogP contribution in [0.15, 0.2) is 48.7 Å². The molecule has 0 aliphatic carbocycles. The van der Waals surface area contributed by atoms with Crippen molar-refractivity contribution in [1.29, 1.82) is 0 Å². The number of pyridine rings is 1. The summed E-state index contributed by atoms with van der Waals surface area (Å²) >= 11 is 0. The van der Waals surface area contributed by atoms with E-state index in [9.17, 15) is 14.4 Å². The van der Waals surface area contributed by atoms with Crippen LogP contribution in [0.5, 0.6) is 0 Å². The van der Waals surface area contributed by atoms with Crippen molar-refractivity contribution in [2.75, 3.05) is 25.4 Å². The first-order chi connectivity index (χ1) is 16.6. The summed E-state index contributed by atoms with van der Waals surface area (Å²) in [4.78, 5) is 45.5. The number of carbonyl (C=O) groups excluding carboxylic acids is 3.